The van der Waals surface area contributed by atoms with E-state index in [1.54, 1.807) is 6.26 Å². The molecule has 0 aliphatic heterocycles. The standard InChI is InChI=1S/C16H22N2O2/c1-11(2)20-15-8-4-7-14(16(15)17)18-12(3)10-13-6-5-9-19-13/h4-9,11-12,18H,10,17H2,1-3H3. The molecule has 0 spiro atoms. The van der Waals surface area contributed by atoms with Crippen molar-refractivity contribution in [1.29, 1.82) is 0 Å². The molecule has 4 nitrogen and oxygen atoms in total. The van der Waals surface area contributed by atoms with Gasteiger partial charge in [-0.05, 0) is 45.0 Å². The van der Waals surface area contributed by atoms with Crippen molar-refractivity contribution in [1.82, 2.24) is 0 Å². The minimum atomic E-state index is 0.105. The first-order valence-corrected chi connectivity index (χ1v) is 6.90. The Hall–Kier alpha value is -2.10. The lowest BCUT2D eigenvalue weighted by Gasteiger charge is -2.19. The van der Waals surface area contributed by atoms with E-state index in [0.29, 0.717) is 5.69 Å². The molecule has 0 amide bonds. The molecule has 1 aromatic heterocycles. The number of hydrogen-bond acceptors (Lipinski definition) is 4. The van der Waals surface area contributed by atoms with Gasteiger partial charge in [-0.15, -0.1) is 0 Å². The third-order valence-electron chi connectivity index (χ3n) is 2.92. The van der Waals surface area contributed by atoms with Crippen molar-refractivity contribution in [2.75, 3.05) is 11.1 Å². The molecular weight excluding hydrogens is 252 g/mol. The quantitative estimate of drug-likeness (QED) is 0.789. The van der Waals surface area contributed by atoms with E-state index in [9.17, 15) is 0 Å². The summed E-state index contributed by atoms with van der Waals surface area (Å²) in [6, 6.07) is 9.88. The van der Waals surface area contributed by atoms with Crippen LogP contribution in [-0.2, 0) is 6.42 Å². The van der Waals surface area contributed by atoms with Crippen LogP contribution in [0.15, 0.2) is 41.0 Å². The molecule has 3 N–H and O–H groups in total. The molecule has 0 fully saturated rings. The summed E-state index contributed by atoms with van der Waals surface area (Å²) in [5.74, 6) is 1.67. The van der Waals surface area contributed by atoms with Crippen LogP contribution in [0, 0.1) is 0 Å². The second-order valence-electron chi connectivity index (χ2n) is 5.21. The van der Waals surface area contributed by atoms with Crippen LogP contribution in [0.2, 0.25) is 0 Å². The molecule has 1 aromatic carbocycles. The number of nitrogens with two attached hydrogens (primary N) is 1. The van der Waals surface area contributed by atoms with Crippen molar-refractivity contribution >= 4 is 11.4 Å². The van der Waals surface area contributed by atoms with Crippen LogP contribution < -0.4 is 15.8 Å². The molecule has 108 valence electrons. The van der Waals surface area contributed by atoms with Gasteiger partial charge >= 0.3 is 0 Å². The van der Waals surface area contributed by atoms with Gasteiger partial charge in [-0.2, -0.15) is 0 Å². The average molecular weight is 274 g/mol. The number of benzene rings is 1. The number of rotatable bonds is 6. The van der Waals surface area contributed by atoms with Gasteiger partial charge in [-0.1, -0.05) is 6.07 Å². The molecule has 1 unspecified atom stereocenters. The maximum absolute atomic E-state index is 6.14. The molecule has 1 heterocycles. The van der Waals surface area contributed by atoms with Crippen molar-refractivity contribution in [2.45, 2.75) is 39.3 Å². The van der Waals surface area contributed by atoms with Gasteiger partial charge in [0, 0.05) is 12.5 Å². The summed E-state index contributed by atoms with van der Waals surface area (Å²) >= 11 is 0. The van der Waals surface area contributed by atoms with E-state index >= 15 is 0 Å². The fourth-order valence-electron chi connectivity index (χ4n) is 2.07. The molecule has 20 heavy (non-hydrogen) atoms. The molecular formula is C16H22N2O2. The Morgan fingerprint density at radius 2 is 2.00 bits per heavy atom. The summed E-state index contributed by atoms with van der Waals surface area (Å²) in [5.41, 5.74) is 7.68. The molecule has 0 aliphatic rings. The zero-order chi connectivity index (χ0) is 14.5. The molecule has 1 atom stereocenters. The highest BCUT2D eigenvalue weighted by Crippen LogP contribution is 2.30. The topological polar surface area (TPSA) is 60.4 Å². The average Bonchev–Trinajstić information content (AvgIpc) is 2.86. The van der Waals surface area contributed by atoms with Crippen LogP contribution in [0.5, 0.6) is 5.75 Å². The highest BCUT2D eigenvalue weighted by Gasteiger charge is 2.11. The third-order valence-corrected chi connectivity index (χ3v) is 2.92. The maximum atomic E-state index is 6.14. The van der Waals surface area contributed by atoms with Crippen LogP contribution in [0.4, 0.5) is 11.4 Å². The van der Waals surface area contributed by atoms with E-state index < -0.39 is 0 Å². The SMILES string of the molecule is CC(Cc1ccco1)Nc1cccc(OC(C)C)c1N. The van der Waals surface area contributed by atoms with Gasteiger partial charge in [0.25, 0.3) is 0 Å². The predicted molar refractivity (Wildman–Crippen MR) is 82.1 cm³/mol. The van der Waals surface area contributed by atoms with E-state index in [4.69, 9.17) is 14.9 Å². The number of ether oxygens (including phenoxy) is 1. The van der Waals surface area contributed by atoms with Crippen LogP contribution in [0.3, 0.4) is 0 Å². The predicted octanol–water partition coefficient (Wildman–Crippen LogP) is 3.69. The lowest BCUT2D eigenvalue weighted by atomic mass is 10.1. The summed E-state index contributed by atoms with van der Waals surface area (Å²) in [7, 11) is 0. The van der Waals surface area contributed by atoms with E-state index in [-0.39, 0.29) is 12.1 Å². The molecule has 2 rings (SSSR count). The molecule has 2 aromatic rings. The van der Waals surface area contributed by atoms with Crippen molar-refractivity contribution in [3.8, 4) is 5.75 Å². The van der Waals surface area contributed by atoms with Gasteiger partial charge in [0.05, 0.1) is 23.7 Å². The summed E-state index contributed by atoms with van der Waals surface area (Å²) in [4.78, 5) is 0. The van der Waals surface area contributed by atoms with Crippen LogP contribution in [0.25, 0.3) is 0 Å². The second-order valence-corrected chi connectivity index (χ2v) is 5.21. The van der Waals surface area contributed by atoms with Gasteiger partial charge in [-0.3, -0.25) is 0 Å². The van der Waals surface area contributed by atoms with Crippen molar-refractivity contribution in [3.05, 3.63) is 42.4 Å². The first kappa shape index (κ1) is 14.3. The summed E-state index contributed by atoms with van der Waals surface area (Å²) in [6.45, 7) is 6.07. The summed E-state index contributed by atoms with van der Waals surface area (Å²) < 4.78 is 11.0. The largest absolute Gasteiger partial charge is 0.489 e. The molecule has 0 bridgehead atoms. The number of hydrogen-bond donors (Lipinski definition) is 2. The third kappa shape index (κ3) is 3.70. The van der Waals surface area contributed by atoms with Crippen molar-refractivity contribution in [3.63, 3.8) is 0 Å². The lowest BCUT2D eigenvalue weighted by molar-refractivity contribution is 0.244. The zero-order valence-corrected chi connectivity index (χ0v) is 12.2. The van der Waals surface area contributed by atoms with Gasteiger partial charge in [-0.25, -0.2) is 0 Å². The number of nitrogen functional groups attached to an aromatic ring is 1. The normalized spacial score (nSPS) is 12.4. The first-order valence-electron chi connectivity index (χ1n) is 6.90. The fraction of sp³-hybridized carbons (Fsp3) is 0.375. The van der Waals surface area contributed by atoms with Gasteiger partial charge in [0.15, 0.2) is 0 Å². The summed E-state index contributed by atoms with van der Waals surface area (Å²) in [6.07, 6.45) is 2.60. The molecule has 0 radical (unpaired) electrons. The fourth-order valence-corrected chi connectivity index (χ4v) is 2.07. The highest BCUT2D eigenvalue weighted by molar-refractivity contribution is 5.73. The van der Waals surface area contributed by atoms with Crippen molar-refractivity contribution in [2.24, 2.45) is 0 Å². The van der Waals surface area contributed by atoms with Crippen LogP contribution in [-0.4, -0.2) is 12.1 Å². The van der Waals surface area contributed by atoms with Gasteiger partial charge in [0.1, 0.15) is 11.5 Å². The monoisotopic (exact) mass is 274 g/mol. The van der Waals surface area contributed by atoms with Crippen LogP contribution >= 0.6 is 0 Å². The Bertz CT molecular complexity index is 535. The Kier molecular flexibility index (Phi) is 4.56. The summed E-state index contributed by atoms with van der Waals surface area (Å²) in [5, 5.41) is 3.40. The van der Waals surface area contributed by atoms with Gasteiger partial charge < -0.3 is 20.2 Å². The Morgan fingerprint density at radius 3 is 2.65 bits per heavy atom. The molecule has 0 aliphatic carbocycles. The smallest absolute Gasteiger partial charge is 0.144 e. The Labute approximate surface area is 119 Å². The van der Waals surface area contributed by atoms with Crippen molar-refractivity contribution < 1.29 is 9.15 Å². The number of furan rings is 1. The van der Waals surface area contributed by atoms with Crippen LogP contribution in [0.1, 0.15) is 26.5 Å². The Morgan fingerprint density at radius 1 is 1.20 bits per heavy atom. The van der Waals surface area contributed by atoms with E-state index in [1.807, 2.05) is 44.2 Å². The lowest BCUT2D eigenvalue weighted by Crippen LogP contribution is -2.19. The molecule has 0 saturated carbocycles. The number of nitrogens with one attached hydrogen (secondary N) is 1. The number of para-hydroxylation sites is 1. The highest BCUT2D eigenvalue weighted by atomic mass is 16.5. The second kappa shape index (κ2) is 6.37. The Balaban J connectivity index is 2.05. The molecule has 0 saturated heterocycles. The van der Waals surface area contributed by atoms with E-state index in [0.717, 1.165) is 23.6 Å². The van der Waals surface area contributed by atoms with E-state index in [2.05, 4.69) is 12.2 Å². The minimum Gasteiger partial charge on any atom is -0.489 e. The zero-order valence-electron chi connectivity index (χ0n) is 12.2. The minimum absolute atomic E-state index is 0.105. The van der Waals surface area contributed by atoms with E-state index in [1.165, 1.54) is 0 Å². The maximum Gasteiger partial charge on any atom is 0.144 e. The first-order chi connectivity index (χ1) is 9.56. The molecule has 4 heteroatoms. The van der Waals surface area contributed by atoms with Gasteiger partial charge in [0.2, 0.25) is 0 Å². The number of anilines is 2.